The second-order valence-corrected chi connectivity index (χ2v) is 19.0. The highest BCUT2D eigenvalue weighted by atomic mass is 15.1. The summed E-state index contributed by atoms with van der Waals surface area (Å²) in [7, 11) is 0. The van der Waals surface area contributed by atoms with Crippen LogP contribution in [0.3, 0.4) is 0 Å². The van der Waals surface area contributed by atoms with Crippen molar-refractivity contribution in [3.63, 3.8) is 0 Å². The van der Waals surface area contributed by atoms with E-state index in [0.717, 1.165) is 56.4 Å². The van der Waals surface area contributed by atoms with E-state index >= 15 is 0 Å². The Bertz CT molecular complexity index is 4320. The van der Waals surface area contributed by atoms with Crippen LogP contribution in [-0.2, 0) is 0 Å². The van der Waals surface area contributed by atoms with Gasteiger partial charge in [-0.3, -0.25) is 0 Å². The third kappa shape index (κ3) is 6.82. The van der Waals surface area contributed by atoms with E-state index in [9.17, 15) is 10.5 Å². The summed E-state index contributed by atoms with van der Waals surface area (Å²) in [6, 6.07) is 94.9. The molecule has 0 amide bonds. The van der Waals surface area contributed by atoms with Crippen molar-refractivity contribution in [2.24, 2.45) is 0 Å². The molecule has 12 aromatic carbocycles. The summed E-state index contributed by atoms with van der Waals surface area (Å²) < 4.78 is 0. The van der Waals surface area contributed by atoms with E-state index in [-0.39, 0.29) is 0 Å². The van der Waals surface area contributed by atoms with E-state index in [1.807, 2.05) is 60.7 Å². The lowest BCUT2D eigenvalue weighted by molar-refractivity contribution is 1.27. The molecule has 0 N–H and O–H groups in total. The lowest BCUT2D eigenvalue weighted by Gasteiger charge is -2.27. The molecule has 0 unspecified atom stereocenters. The van der Waals surface area contributed by atoms with E-state index < -0.39 is 0 Å². The number of nitriles is 2. The molecule has 2 aliphatic rings. The van der Waals surface area contributed by atoms with Crippen molar-refractivity contribution in [3.05, 3.63) is 266 Å². The third-order valence-electron chi connectivity index (χ3n) is 15.0. The summed E-state index contributed by atoms with van der Waals surface area (Å²) >= 11 is 0. The minimum Gasteiger partial charge on any atom is -0.310 e. The molecule has 12 aromatic rings. The average Bonchev–Trinajstić information content (AvgIpc) is 3.99. The lowest BCUT2D eigenvalue weighted by Crippen LogP contribution is -2.11. The van der Waals surface area contributed by atoms with Gasteiger partial charge in [-0.1, -0.05) is 170 Å². The minimum absolute atomic E-state index is 0.602. The summed E-state index contributed by atoms with van der Waals surface area (Å²) in [5.74, 6) is 0. The molecule has 14 rings (SSSR count). The van der Waals surface area contributed by atoms with Crippen LogP contribution in [0, 0.1) is 22.7 Å². The van der Waals surface area contributed by atoms with Gasteiger partial charge in [0.2, 0.25) is 0 Å². The molecule has 4 heteroatoms. The number of hydrogen-bond donors (Lipinski definition) is 0. The molecule has 342 valence electrons. The zero-order chi connectivity index (χ0) is 49.3. The van der Waals surface area contributed by atoms with Gasteiger partial charge in [0.1, 0.15) is 6.07 Å². The molecule has 0 saturated carbocycles. The molecule has 0 radical (unpaired) electrons. The van der Waals surface area contributed by atoms with Gasteiger partial charge < -0.3 is 9.80 Å². The topological polar surface area (TPSA) is 54.1 Å². The van der Waals surface area contributed by atoms with Gasteiger partial charge in [-0.2, -0.15) is 10.5 Å². The maximum Gasteiger partial charge on any atom is 0.101 e. The first-order chi connectivity index (χ1) is 36.6. The number of fused-ring (bicyclic) bond motifs is 6. The minimum atomic E-state index is 0.602. The fraction of sp³-hybridized carbons (Fsp3) is 0. The van der Waals surface area contributed by atoms with Crippen LogP contribution in [0.1, 0.15) is 11.1 Å². The van der Waals surface area contributed by atoms with Gasteiger partial charge in [0, 0.05) is 28.4 Å². The second-order valence-electron chi connectivity index (χ2n) is 19.0. The first kappa shape index (κ1) is 42.6. The molecule has 0 bridgehead atoms. The summed E-state index contributed by atoms with van der Waals surface area (Å²) in [6.45, 7) is 0. The monoisotopic (exact) mass is 938 g/mol. The van der Waals surface area contributed by atoms with E-state index in [1.54, 1.807) is 0 Å². The van der Waals surface area contributed by atoms with Gasteiger partial charge in [0.25, 0.3) is 0 Å². The first-order valence-electron chi connectivity index (χ1n) is 24.9. The van der Waals surface area contributed by atoms with Gasteiger partial charge in [0.15, 0.2) is 0 Å². The van der Waals surface area contributed by atoms with Crippen molar-refractivity contribution in [2.45, 2.75) is 0 Å². The average molecular weight is 939 g/mol. The van der Waals surface area contributed by atoms with Gasteiger partial charge in [-0.15, -0.1) is 0 Å². The Labute approximate surface area is 429 Å². The highest BCUT2D eigenvalue weighted by Gasteiger charge is 2.26. The van der Waals surface area contributed by atoms with Crippen LogP contribution in [0.4, 0.5) is 34.1 Å². The van der Waals surface area contributed by atoms with Gasteiger partial charge in [-0.25, -0.2) is 0 Å². The Morgan fingerprint density at radius 2 is 0.716 bits per heavy atom. The van der Waals surface area contributed by atoms with Crippen LogP contribution in [-0.4, -0.2) is 0 Å². The van der Waals surface area contributed by atoms with Crippen molar-refractivity contribution in [1.82, 2.24) is 0 Å². The molecule has 0 atom stereocenters. The number of benzene rings is 12. The van der Waals surface area contributed by atoms with E-state index in [4.69, 9.17) is 0 Å². The Hall–Kier alpha value is -10.3. The summed E-state index contributed by atoms with van der Waals surface area (Å²) in [5.41, 5.74) is 23.8. The molecule has 4 nitrogen and oxygen atoms in total. The van der Waals surface area contributed by atoms with Crippen molar-refractivity contribution in [2.75, 3.05) is 9.80 Å². The predicted molar refractivity (Wildman–Crippen MR) is 305 cm³/mol. The predicted octanol–water partition coefficient (Wildman–Crippen LogP) is 19.0. The summed E-state index contributed by atoms with van der Waals surface area (Å²) in [6.07, 6.45) is 0. The molecule has 0 saturated heterocycles. The Balaban J connectivity index is 0.813. The maximum atomic E-state index is 10.4. The van der Waals surface area contributed by atoms with Crippen LogP contribution >= 0.6 is 0 Å². The largest absolute Gasteiger partial charge is 0.310 e. The number of nitrogens with zero attached hydrogens (tertiary/aromatic N) is 4. The number of anilines is 6. The van der Waals surface area contributed by atoms with Crippen molar-refractivity contribution in [3.8, 4) is 90.0 Å². The van der Waals surface area contributed by atoms with Crippen LogP contribution in [0.15, 0.2) is 255 Å². The molecule has 0 fully saturated rings. The van der Waals surface area contributed by atoms with Crippen LogP contribution < -0.4 is 9.80 Å². The summed E-state index contributed by atoms with van der Waals surface area (Å²) in [4.78, 5) is 4.42. The molecule has 74 heavy (non-hydrogen) atoms. The normalized spacial score (nSPS) is 11.5. The Morgan fingerprint density at radius 3 is 1.36 bits per heavy atom. The molecular formula is C70H42N4. The molecule has 0 spiro atoms. The van der Waals surface area contributed by atoms with Crippen LogP contribution in [0.25, 0.3) is 99.4 Å². The molecule has 0 heterocycles. The fourth-order valence-corrected chi connectivity index (χ4v) is 11.7. The van der Waals surface area contributed by atoms with Gasteiger partial charge in [-0.05, 0) is 184 Å². The van der Waals surface area contributed by atoms with Crippen LogP contribution in [0.5, 0.6) is 0 Å². The lowest BCUT2D eigenvalue weighted by atomic mass is 9.94. The molecular weight excluding hydrogens is 897 g/mol. The standard InChI is InChI=1S/C70H42N4/c71-43-45-13-8-19-53(39-45)73(51-17-2-1-3-18-51)54-20-9-15-48(40-54)56-36-38-66-60-34-31-47(42-67(60)64-27-12-25-62(56)70(64)66)46-29-32-52(33-30-46)74(68-28-7-4-14-50(68)44-72)55-21-10-16-49(41-55)57-35-37-65-59-23-6-5-22-58(59)63-26-11-24-61(57)69(63)65/h1-42H. The van der Waals surface area contributed by atoms with Crippen molar-refractivity contribution < 1.29 is 0 Å². The van der Waals surface area contributed by atoms with Crippen molar-refractivity contribution in [1.29, 1.82) is 10.5 Å². The molecule has 0 aliphatic heterocycles. The number of para-hydroxylation sites is 2. The zero-order valence-corrected chi connectivity index (χ0v) is 40.0. The highest BCUT2D eigenvalue weighted by Crippen LogP contribution is 2.52. The highest BCUT2D eigenvalue weighted by molar-refractivity contribution is 6.20. The number of rotatable bonds is 9. The van der Waals surface area contributed by atoms with E-state index in [2.05, 4.69) is 216 Å². The SMILES string of the molecule is N#Cc1cccc(N(c2ccccc2)c2cccc(-c3ccc4c5c(cccc35)-c3cc(-c5ccc(N(c6cccc(-c7ccc8c9c(cccc79)-c7ccccc7-8)c6)c6ccccc6C#N)cc5)ccc3-4)c2)c1. The van der Waals surface area contributed by atoms with Gasteiger partial charge in [0.05, 0.1) is 22.9 Å². The first-order valence-corrected chi connectivity index (χ1v) is 24.9. The fourth-order valence-electron chi connectivity index (χ4n) is 11.7. The zero-order valence-electron chi connectivity index (χ0n) is 40.0. The smallest absolute Gasteiger partial charge is 0.101 e. The Morgan fingerprint density at radius 1 is 0.257 bits per heavy atom. The second kappa shape index (κ2) is 17.3. The third-order valence-corrected chi connectivity index (χ3v) is 15.0. The summed E-state index contributed by atoms with van der Waals surface area (Å²) in [5, 5.41) is 25.2. The van der Waals surface area contributed by atoms with Crippen LogP contribution in [0.2, 0.25) is 0 Å². The molecule has 2 aliphatic carbocycles. The quantitative estimate of drug-likeness (QED) is 0.145. The molecule has 0 aromatic heterocycles. The number of hydrogen-bond acceptors (Lipinski definition) is 4. The van der Waals surface area contributed by atoms with E-state index in [1.165, 1.54) is 77.2 Å². The Kier molecular flexibility index (Phi) is 9.93. The maximum absolute atomic E-state index is 10.4. The van der Waals surface area contributed by atoms with Gasteiger partial charge >= 0.3 is 0 Å². The van der Waals surface area contributed by atoms with Crippen molar-refractivity contribution >= 4 is 55.7 Å². The van der Waals surface area contributed by atoms with E-state index in [0.29, 0.717) is 11.1 Å².